The maximum Gasteiger partial charge on any atom is 0.244 e. The van der Waals surface area contributed by atoms with Gasteiger partial charge >= 0.3 is 0 Å². The fraction of sp³-hybridized carbons (Fsp3) is 0.308. The smallest absolute Gasteiger partial charge is 0.244 e. The molecule has 3 aromatic rings. The van der Waals surface area contributed by atoms with Crippen LogP contribution in [0, 0.1) is 13.8 Å². The van der Waals surface area contributed by atoms with Crippen LogP contribution in [0.15, 0.2) is 83.8 Å². The summed E-state index contributed by atoms with van der Waals surface area (Å²) < 4.78 is 35.0. The van der Waals surface area contributed by atoms with Crippen LogP contribution < -0.4 is 0 Å². The second-order valence-electron chi connectivity index (χ2n) is 8.86. The molecular formula is C26H28N2O3S. The van der Waals surface area contributed by atoms with Gasteiger partial charge in [-0.1, -0.05) is 77.9 Å². The molecule has 5 rings (SSSR count). The van der Waals surface area contributed by atoms with E-state index in [1.807, 2.05) is 37.3 Å². The number of rotatable bonds is 5. The zero-order valence-corrected chi connectivity index (χ0v) is 19.3. The summed E-state index contributed by atoms with van der Waals surface area (Å²) in [6.07, 6.45) is 0. The van der Waals surface area contributed by atoms with Gasteiger partial charge < -0.3 is 4.74 Å². The van der Waals surface area contributed by atoms with Crippen LogP contribution in [0.5, 0.6) is 0 Å². The largest absolute Gasteiger partial charge is 0.375 e. The van der Waals surface area contributed by atoms with Gasteiger partial charge in [0.2, 0.25) is 10.0 Å². The second kappa shape index (κ2) is 8.12. The molecule has 0 N–H and O–H groups in total. The molecule has 1 atom stereocenters. The van der Waals surface area contributed by atoms with Gasteiger partial charge in [-0.05, 0) is 37.1 Å². The normalized spacial score (nSPS) is 21.0. The van der Waals surface area contributed by atoms with E-state index >= 15 is 0 Å². The minimum Gasteiger partial charge on any atom is -0.375 e. The minimum absolute atomic E-state index is 0.0556. The molecule has 1 unspecified atom stereocenters. The number of ether oxygens (including phenoxy) is 1. The van der Waals surface area contributed by atoms with E-state index in [0.717, 1.165) is 16.7 Å². The lowest BCUT2D eigenvalue weighted by Gasteiger charge is -2.49. The van der Waals surface area contributed by atoms with Crippen molar-refractivity contribution >= 4 is 10.0 Å². The molecule has 0 amide bonds. The predicted octanol–water partition coefficient (Wildman–Crippen LogP) is 4.28. The minimum atomic E-state index is -3.69. The third-order valence-corrected chi connectivity index (χ3v) is 8.58. The average Bonchev–Trinajstić information content (AvgIpc) is 3.11. The van der Waals surface area contributed by atoms with Crippen LogP contribution in [0.4, 0.5) is 0 Å². The Balaban J connectivity index is 1.59. The van der Waals surface area contributed by atoms with Crippen LogP contribution in [0.3, 0.4) is 0 Å². The highest BCUT2D eigenvalue weighted by molar-refractivity contribution is 7.89. The summed E-state index contributed by atoms with van der Waals surface area (Å²) in [5.74, 6) is 0. The van der Waals surface area contributed by atoms with Crippen molar-refractivity contribution in [2.75, 3.05) is 19.8 Å². The summed E-state index contributed by atoms with van der Waals surface area (Å²) >= 11 is 0. The van der Waals surface area contributed by atoms with Crippen LogP contribution in [0.1, 0.15) is 28.3 Å². The molecule has 1 spiro atoms. The van der Waals surface area contributed by atoms with Gasteiger partial charge in [-0.25, -0.2) is 8.42 Å². The maximum atomic E-state index is 13.8. The molecule has 2 aliphatic rings. The number of aryl methyl sites for hydroxylation is 2. The van der Waals surface area contributed by atoms with Crippen LogP contribution in [-0.4, -0.2) is 43.0 Å². The molecular weight excluding hydrogens is 420 g/mol. The second-order valence-corrected chi connectivity index (χ2v) is 10.7. The highest BCUT2D eigenvalue weighted by Crippen LogP contribution is 2.47. The molecule has 0 radical (unpaired) electrons. The van der Waals surface area contributed by atoms with Crippen molar-refractivity contribution in [3.05, 3.63) is 101 Å². The van der Waals surface area contributed by atoms with Gasteiger partial charge in [-0.2, -0.15) is 4.31 Å². The first kappa shape index (κ1) is 21.3. The Hall–Kier alpha value is -2.51. The van der Waals surface area contributed by atoms with Crippen molar-refractivity contribution in [2.24, 2.45) is 0 Å². The van der Waals surface area contributed by atoms with Gasteiger partial charge in [0.1, 0.15) is 5.66 Å². The molecule has 3 aromatic carbocycles. The number of nitrogens with zero attached hydrogens (tertiary/aromatic N) is 2. The average molecular weight is 449 g/mol. The number of hydrogen-bond donors (Lipinski definition) is 0. The highest BCUT2D eigenvalue weighted by Gasteiger charge is 2.61. The molecule has 0 aliphatic carbocycles. The van der Waals surface area contributed by atoms with Gasteiger partial charge in [-0.3, -0.25) is 4.90 Å². The van der Waals surface area contributed by atoms with E-state index in [-0.39, 0.29) is 6.04 Å². The standard InChI is InChI=1S/C26H28N2O3S/c1-20-8-12-23(13-9-20)25-17-28(32(29,30)24-14-10-21(2)11-15-24)26(18-31-19-26)27(25)16-22-6-4-3-5-7-22/h3-15,25H,16-19H2,1-2H3. The van der Waals surface area contributed by atoms with Crippen LogP contribution in [-0.2, 0) is 21.3 Å². The molecule has 2 heterocycles. The Morgan fingerprint density at radius 2 is 1.47 bits per heavy atom. The topological polar surface area (TPSA) is 49.9 Å². The molecule has 6 heteroatoms. The Morgan fingerprint density at radius 3 is 2.03 bits per heavy atom. The molecule has 2 aliphatic heterocycles. The Labute approximate surface area is 190 Å². The first-order valence-electron chi connectivity index (χ1n) is 10.9. The summed E-state index contributed by atoms with van der Waals surface area (Å²) in [4.78, 5) is 2.65. The van der Waals surface area contributed by atoms with Gasteiger partial charge in [0.15, 0.2) is 0 Å². The van der Waals surface area contributed by atoms with Crippen LogP contribution in [0.2, 0.25) is 0 Å². The van der Waals surface area contributed by atoms with Gasteiger partial charge in [0, 0.05) is 13.1 Å². The summed E-state index contributed by atoms with van der Waals surface area (Å²) in [7, 11) is -3.69. The molecule has 0 saturated carbocycles. The SMILES string of the molecule is Cc1ccc(C2CN(S(=O)(=O)c3ccc(C)cc3)C3(COC3)N2Cc2ccccc2)cc1. The molecule has 0 aromatic heterocycles. The van der Waals surface area contributed by atoms with Crippen molar-refractivity contribution in [1.29, 1.82) is 0 Å². The van der Waals surface area contributed by atoms with Crippen molar-refractivity contribution in [2.45, 2.75) is 37.0 Å². The predicted molar refractivity (Wildman–Crippen MR) is 125 cm³/mol. The van der Waals surface area contributed by atoms with Crippen LogP contribution >= 0.6 is 0 Å². The maximum absolute atomic E-state index is 13.8. The lowest BCUT2D eigenvalue weighted by atomic mass is 10.0. The van der Waals surface area contributed by atoms with E-state index in [0.29, 0.717) is 31.2 Å². The molecule has 5 nitrogen and oxygen atoms in total. The monoisotopic (exact) mass is 448 g/mol. The Morgan fingerprint density at radius 1 is 0.875 bits per heavy atom. The number of benzene rings is 3. The van der Waals surface area contributed by atoms with Crippen molar-refractivity contribution in [1.82, 2.24) is 9.21 Å². The molecule has 166 valence electrons. The summed E-state index contributed by atoms with van der Waals surface area (Å²) in [6, 6.07) is 25.7. The van der Waals surface area contributed by atoms with E-state index in [1.165, 1.54) is 5.56 Å². The van der Waals surface area contributed by atoms with Gasteiger partial charge in [0.25, 0.3) is 0 Å². The van der Waals surface area contributed by atoms with E-state index < -0.39 is 15.7 Å². The van der Waals surface area contributed by atoms with Gasteiger partial charge in [-0.15, -0.1) is 0 Å². The molecule has 32 heavy (non-hydrogen) atoms. The van der Waals surface area contributed by atoms with E-state index in [2.05, 4.69) is 48.2 Å². The zero-order valence-electron chi connectivity index (χ0n) is 18.4. The fourth-order valence-electron chi connectivity index (χ4n) is 4.72. The van der Waals surface area contributed by atoms with Crippen LogP contribution in [0.25, 0.3) is 0 Å². The first-order valence-corrected chi connectivity index (χ1v) is 12.4. The molecule has 2 fully saturated rings. The zero-order chi connectivity index (χ0) is 22.3. The summed E-state index contributed by atoms with van der Waals surface area (Å²) in [6.45, 7) is 5.82. The number of hydrogen-bond acceptors (Lipinski definition) is 4. The Bertz CT molecular complexity index is 1190. The number of sulfonamides is 1. The van der Waals surface area contributed by atoms with E-state index in [9.17, 15) is 8.42 Å². The Kier molecular flexibility index (Phi) is 5.42. The molecule has 2 saturated heterocycles. The van der Waals surface area contributed by atoms with Crippen molar-refractivity contribution < 1.29 is 13.2 Å². The van der Waals surface area contributed by atoms with Crippen molar-refractivity contribution in [3.8, 4) is 0 Å². The first-order chi connectivity index (χ1) is 15.4. The lowest BCUT2D eigenvalue weighted by Crippen LogP contribution is -2.67. The van der Waals surface area contributed by atoms with E-state index in [4.69, 9.17) is 4.74 Å². The summed E-state index contributed by atoms with van der Waals surface area (Å²) in [5, 5.41) is 0. The third kappa shape index (κ3) is 3.57. The summed E-state index contributed by atoms with van der Waals surface area (Å²) in [5.41, 5.74) is 3.82. The third-order valence-electron chi connectivity index (χ3n) is 6.65. The fourth-order valence-corrected chi connectivity index (χ4v) is 6.45. The lowest BCUT2D eigenvalue weighted by molar-refractivity contribution is -0.172. The quantitative estimate of drug-likeness (QED) is 0.585. The highest BCUT2D eigenvalue weighted by atomic mass is 32.2. The van der Waals surface area contributed by atoms with Gasteiger partial charge in [0.05, 0.1) is 24.2 Å². The van der Waals surface area contributed by atoms with Crippen molar-refractivity contribution in [3.63, 3.8) is 0 Å². The van der Waals surface area contributed by atoms with E-state index in [1.54, 1.807) is 16.4 Å². The molecule has 0 bridgehead atoms.